The molecule has 0 saturated heterocycles. The van der Waals surface area contributed by atoms with E-state index in [0.717, 1.165) is 12.0 Å². The van der Waals surface area contributed by atoms with E-state index in [9.17, 15) is 36.2 Å². The molecule has 0 amide bonds. The van der Waals surface area contributed by atoms with E-state index in [2.05, 4.69) is 54.7 Å². The summed E-state index contributed by atoms with van der Waals surface area (Å²) in [5.74, 6) is -0.809. The second-order valence-corrected chi connectivity index (χ2v) is 17.0. The quantitative estimate of drug-likeness (QED) is 0.0118. The molecule has 0 fully saturated rings. The van der Waals surface area contributed by atoms with Crippen molar-refractivity contribution < 1.29 is 82.5 Å². The van der Waals surface area contributed by atoms with Gasteiger partial charge in [0.05, 0.1) is 61.5 Å². The van der Waals surface area contributed by atoms with Crippen LogP contribution in [0.1, 0.15) is 0 Å². The number of hydrogen-bond donors (Lipinski definition) is 7. The summed E-state index contributed by atoms with van der Waals surface area (Å²) >= 11 is 1.22. The SMILES string of the molecule is O=S(=O)(O)c1cccc(Nc2ccc3cc(SOOO)c(N=Nc4ccc(N=Nc5ccc(N=Nc6cccc(SOOO)c6)c6ccc(S(=O)(=O)O)cc56)cc4O)c(O)c3c2)c1.[Cu]. The molecule has 0 bridgehead atoms. The number of benzene rings is 7. The Balaban J connectivity index is 0.00000680. The molecule has 7 rings (SSSR count). The second kappa shape index (κ2) is 20.7. The van der Waals surface area contributed by atoms with Crippen LogP contribution in [0, 0.1) is 0 Å². The molecular formula is C38H27CuN7O14S4. The monoisotopic (exact) mass is 996 g/mol. The number of hydrogen-bond acceptors (Lipinski definition) is 21. The Morgan fingerprint density at radius 3 is 1.86 bits per heavy atom. The van der Waals surface area contributed by atoms with Gasteiger partial charge < -0.3 is 15.5 Å². The van der Waals surface area contributed by atoms with Crippen molar-refractivity contribution in [2.24, 2.45) is 30.7 Å². The maximum Gasteiger partial charge on any atom is 0.294 e. The molecule has 0 atom stereocenters. The number of aromatic hydroxyl groups is 2. The summed E-state index contributed by atoms with van der Waals surface area (Å²) in [5, 5.41) is 76.4. The summed E-state index contributed by atoms with van der Waals surface area (Å²) in [5.41, 5.74) is 1.50. The molecule has 7 aromatic carbocycles. The van der Waals surface area contributed by atoms with E-state index in [-0.39, 0.29) is 60.4 Å². The fraction of sp³-hybridized carbons (Fsp3) is 0. The molecule has 7 aromatic rings. The van der Waals surface area contributed by atoms with Crippen molar-refractivity contribution in [3.8, 4) is 11.5 Å². The summed E-state index contributed by atoms with van der Waals surface area (Å²) in [6.07, 6.45) is 0. The van der Waals surface area contributed by atoms with Crippen LogP contribution >= 0.6 is 24.1 Å². The molecule has 0 spiro atoms. The molecule has 0 aliphatic rings. The first-order valence-corrected chi connectivity index (χ1v) is 21.7. The van der Waals surface area contributed by atoms with Crippen molar-refractivity contribution in [3.05, 3.63) is 121 Å². The van der Waals surface area contributed by atoms with Crippen LogP contribution in [-0.4, -0.2) is 46.7 Å². The van der Waals surface area contributed by atoms with Gasteiger partial charge in [-0.25, -0.2) is 10.5 Å². The number of nitrogens with zero attached hydrogens (tertiary/aromatic N) is 6. The first kappa shape index (κ1) is 47.5. The standard InChI is InChI=1S/C38H27N7O14S4.Cu/c46-35-19-25(41-43-33-14-13-32(29-11-10-28(20-31(29)33)63(53,54)55)42-40-24-4-1-5-26(16-24)60-58-56-48)9-12-34(35)44-45-37-36(61-59-57-49)15-21-7-8-23(18-30(21)38(37)47)39-22-3-2-6-27(17-22)62(50,51)52;/h1-20,39,46-49H,(H,50,51,52)(H,53,54,55);. The van der Waals surface area contributed by atoms with Gasteiger partial charge in [-0.1, -0.05) is 34.3 Å². The molecule has 0 unspecified atom stereocenters. The summed E-state index contributed by atoms with van der Waals surface area (Å²) in [4.78, 5) is -0.0744. The zero-order valence-electron chi connectivity index (χ0n) is 31.6. The third kappa shape index (κ3) is 11.6. The molecule has 0 aliphatic carbocycles. The van der Waals surface area contributed by atoms with Gasteiger partial charge >= 0.3 is 0 Å². The van der Waals surface area contributed by atoms with Gasteiger partial charge in [-0.3, -0.25) is 9.11 Å². The van der Waals surface area contributed by atoms with E-state index >= 15 is 0 Å². The van der Waals surface area contributed by atoms with Crippen LogP contribution in [-0.2, 0) is 56.0 Å². The van der Waals surface area contributed by atoms with Crippen molar-refractivity contribution in [3.63, 3.8) is 0 Å². The van der Waals surface area contributed by atoms with E-state index in [0.29, 0.717) is 50.5 Å². The molecule has 0 aliphatic heterocycles. The van der Waals surface area contributed by atoms with Crippen LogP contribution in [0.2, 0.25) is 0 Å². The molecular weight excluding hydrogens is 970 g/mol. The Hall–Kier alpha value is -5.94. The minimum atomic E-state index is -4.62. The van der Waals surface area contributed by atoms with E-state index in [1.165, 1.54) is 66.7 Å². The van der Waals surface area contributed by atoms with Gasteiger partial charge in [0.15, 0.2) is 5.75 Å². The largest absolute Gasteiger partial charge is 0.506 e. The molecule has 26 heteroatoms. The number of nitrogens with one attached hydrogen (secondary N) is 1. The molecule has 0 heterocycles. The fourth-order valence-electron chi connectivity index (χ4n) is 5.80. The Labute approximate surface area is 380 Å². The molecule has 0 aromatic heterocycles. The minimum absolute atomic E-state index is 0. The number of azo groups is 3. The van der Waals surface area contributed by atoms with Crippen LogP contribution in [0.4, 0.5) is 45.5 Å². The van der Waals surface area contributed by atoms with Crippen molar-refractivity contribution >= 4 is 111 Å². The summed E-state index contributed by atoms with van der Waals surface area (Å²) < 4.78 is 75.6. The molecule has 21 nitrogen and oxygen atoms in total. The predicted molar refractivity (Wildman–Crippen MR) is 227 cm³/mol. The Bertz CT molecular complexity index is 3200. The Morgan fingerprint density at radius 2 is 1.16 bits per heavy atom. The van der Waals surface area contributed by atoms with E-state index in [1.807, 2.05) is 0 Å². The molecule has 333 valence electrons. The van der Waals surface area contributed by atoms with Crippen molar-refractivity contribution in [2.45, 2.75) is 19.6 Å². The van der Waals surface area contributed by atoms with Gasteiger partial charge in [-0.2, -0.15) is 27.1 Å². The Morgan fingerprint density at radius 1 is 0.531 bits per heavy atom. The van der Waals surface area contributed by atoms with Crippen molar-refractivity contribution in [2.75, 3.05) is 5.32 Å². The number of phenols is 2. The van der Waals surface area contributed by atoms with Crippen LogP contribution in [0.3, 0.4) is 0 Å². The second-order valence-electron chi connectivity index (χ2n) is 12.6. The van der Waals surface area contributed by atoms with E-state index in [4.69, 9.17) is 10.5 Å². The zero-order chi connectivity index (χ0) is 44.7. The maximum absolute atomic E-state index is 12.1. The summed E-state index contributed by atoms with van der Waals surface area (Å²) in [6.45, 7) is 0. The number of phenolic OH excluding ortho intramolecular Hbond substituents is 2. The van der Waals surface area contributed by atoms with Gasteiger partial charge in [0.2, 0.25) is 0 Å². The molecule has 0 saturated carbocycles. The number of fused-ring (bicyclic) bond motifs is 2. The third-order valence-electron chi connectivity index (χ3n) is 8.61. The van der Waals surface area contributed by atoms with Crippen LogP contribution in [0.25, 0.3) is 21.5 Å². The third-order valence-corrected chi connectivity index (χ3v) is 11.5. The average molecular weight is 997 g/mol. The number of rotatable bonds is 16. The van der Waals surface area contributed by atoms with Gasteiger partial charge in [-0.05, 0) is 96.4 Å². The fourth-order valence-corrected chi connectivity index (χ4v) is 7.74. The van der Waals surface area contributed by atoms with E-state index < -0.39 is 36.6 Å². The van der Waals surface area contributed by atoms with Gasteiger partial charge in [-0.15, -0.1) is 29.1 Å². The zero-order valence-corrected chi connectivity index (χ0v) is 35.8. The van der Waals surface area contributed by atoms with Gasteiger partial charge in [0.25, 0.3) is 20.2 Å². The van der Waals surface area contributed by atoms with E-state index in [1.54, 1.807) is 54.6 Å². The molecule has 1 radical (unpaired) electrons. The summed E-state index contributed by atoms with van der Waals surface area (Å²) in [6, 6.07) is 29.2. The first-order chi connectivity index (χ1) is 30.2. The Kier molecular flexibility index (Phi) is 15.4. The van der Waals surface area contributed by atoms with Crippen molar-refractivity contribution in [1.82, 2.24) is 0 Å². The first-order valence-electron chi connectivity index (χ1n) is 17.4. The van der Waals surface area contributed by atoms with Crippen molar-refractivity contribution in [1.29, 1.82) is 0 Å². The van der Waals surface area contributed by atoms with Crippen LogP contribution in [0.5, 0.6) is 11.5 Å². The minimum Gasteiger partial charge on any atom is -0.506 e. The normalized spacial score (nSPS) is 12.2. The van der Waals surface area contributed by atoms with Crippen LogP contribution < -0.4 is 5.32 Å². The molecule has 64 heavy (non-hydrogen) atoms. The van der Waals surface area contributed by atoms with Crippen LogP contribution in [0.15, 0.2) is 172 Å². The maximum atomic E-state index is 12.1. The summed E-state index contributed by atoms with van der Waals surface area (Å²) in [7, 11) is -9.09. The smallest absolute Gasteiger partial charge is 0.294 e. The van der Waals surface area contributed by atoms with Gasteiger partial charge in [0, 0.05) is 55.6 Å². The van der Waals surface area contributed by atoms with Gasteiger partial charge in [0.1, 0.15) is 17.1 Å². The number of anilines is 2. The predicted octanol–water partition coefficient (Wildman–Crippen LogP) is 11.7. The average Bonchev–Trinajstić information content (AvgIpc) is 3.26. The molecule has 7 N–H and O–H groups in total. The topological polar surface area (TPSA) is 313 Å².